The van der Waals surface area contributed by atoms with Gasteiger partial charge in [-0.15, -0.1) is 0 Å². The standard InChI is InChI=1S/C4HCl4F3/c5-2(4(6,7)8)1-3(9,10)11/h1H/b2-1-. The van der Waals surface area contributed by atoms with Gasteiger partial charge in [-0.2, -0.15) is 13.2 Å². The van der Waals surface area contributed by atoms with E-state index in [0.717, 1.165) is 0 Å². The highest BCUT2D eigenvalue weighted by Gasteiger charge is 2.32. The van der Waals surface area contributed by atoms with Crippen molar-refractivity contribution >= 4 is 46.4 Å². The summed E-state index contributed by atoms with van der Waals surface area (Å²) >= 11 is 20.0. The van der Waals surface area contributed by atoms with Gasteiger partial charge in [-0.1, -0.05) is 46.4 Å². The van der Waals surface area contributed by atoms with Crippen LogP contribution >= 0.6 is 46.4 Å². The second-order valence-corrected chi connectivity index (χ2v) is 4.22. The molecule has 0 N–H and O–H groups in total. The monoisotopic (exact) mass is 246 g/mol. The first-order chi connectivity index (χ1) is 4.63. The molecule has 66 valence electrons. The van der Waals surface area contributed by atoms with Crippen molar-refractivity contribution in [2.24, 2.45) is 0 Å². The minimum absolute atomic E-state index is 0.276. The minimum Gasteiger partial charge on any atom is -0.167 e. The van der Waals surface area contributed by atoms with Crippen LogP contribution in [-0.2, 0) is 0 Å². The zero-order valence-electron chi connectivity index (χ0n) is 4.72. The lowest BCUT2D eigenvalue weighted by atomic mass is 10.5. The molecule has 0 aliphatic carbocycles. The molecule has 0 unspecified atom stereocenters. The van der Waals surface area contributed by atoms with Gasteiger partial charge in [-0.05, 0) is 0 Å². The highest BCUT2D eigenvalue weighted by molar-refractivity contribution is 6.72. The third-order valence-corrected chi connectivity index (χ3v) is 1.85. The van der Waals surface area contributed by atoms with E-state index >= 15 is 0 Å². The molecule has 0 nitrogen and oxygen atoms in total. The largest absolute Gasteiger partial charge is 0.411 e. The van der Waals surface area contributed by atoms with Gasteiger partial charge < -0.3 is 0 Å². The topological polar surface area (TPSA) is 0 Å². The number of hydrogen-bond donors (Lipinski definition) is 0. The van der Waals surface area contributed by atoms with E-state index in [4.69, 9.17) is 46.4 Å². The van der Waals surface area contributed by atoms with Gasteiger partial charge in [0.2, 0.25) is 3.79 Å². The Morgan fingerprint density at radius 3 is 1.55 bits per heavy atom. The number of hydrogen-bond acceptors (Lipinski definition) is 0. The van der Waals surface area contributed by atoms with Crippen LogP contribution in [0.3, 0.4) is 0 Å². The molecule has 0 saturated carbocycles. The molecule has 0 rings (SSSR count). The summed E-state index contributed by atoms with van der Waals surface area (Å²) in [5.41, 5.74) is 0. The van der Waals surface area contributed by atoms with E-state index in [1.165, 1.54) is 0 Å². The summed E-state index contributed by atoms with van der Waals surface area (Å²) in [5.74, 6) is 0. The van der Waals surface area contributed by atoms with Crippen molar-refractivity contribution in [2.45, 2.75) is 9.97 Å². The smallest absolute Gasteiger partial charge is 0.167 e. The van der Waals surface area contributed by atoms with Crippen molar-refractivity contribution in [3.8, 4) is 0 Å². The van der Waals surface area contributed by atoms with Gasteiger partial charge in [0.05, 0.1) is 5.03 Å². The lowest BCUT2D eigenvalue weighted by Crippen LogP contribution is -2.09. The highest BCUT2D eigenvalue weighted by Crippen LogP contribution is 2.38. The zero-order valence-corrected chi connectivity index (χ0v) is 7.75. The molecule has 0 fully saturated rings. The molecular weight excluding hydrogens is 247 g/mol. The highest BCUT2D eigenvalue weighted by atomic mass is 35.6. The van der Waals surface area contributed by atoms with Crippen LogP contribution < -0.4 is 0 Å². The fourth-order valence-electron chi connectivity index (χ4n) is 0.226. The minimum atomic E-state index is -4.57. The Hall–Kier alpha value is 0.690. The molecule has 0 bridgehead atoms. The van der Waals surface area contributed by atoms with Gasteiger partial charge in [-0.3, -0.25) is 0 Å². The Labute approximate surface area is 80.9 Å². The lowest BCUT2D eigenvalue weighted by molar-refractivity contribution is -0.0802. The summed E-state index contributed by atoms with van der Waals surface area (Å²) in [7, 11) is 0. The van der Waals surface area contributed by atoms with Crippen LogP contribution in [0.25, 0.3) is 0 Å². The van der Waals surface area contributed by atoms with Crippen LogP contribution in [0.15, 0.2) is 11.1 Å². The Bertz CT molecular complexity index is 165. The van der Waals surface area contributed by atoms with Gasteiger partial charge in [0.15, 0.2) is 0 Å². The molecule has 0 aromatic carbocycles. The zero-order chi connectivity index (χ0) is 9.28. The van der Waals surface area contributed by atoms with Crippen molar-refractivity contribution in [1.82, 2.24) is 0 Å². The molecule has 0 amide bonds. The Morgan fingerprint density at radius 1 is 1.09 bits per heavy atom. The quantitative estimate of drug-likeness (QED) is 0.567. The van der Waals surface area contributed by atoms with E-state index in [1.54, 1.807) is 0 Å². The maximum absolute atomic E-state index is 11.5. The molecule has 0 heterocycles. The summed E-state index contributed by atoms with van der Waals surface area (Å²) in [6, 6.07) is 0. The maximum Gasteiger partial charge on any atom is 0.411 e. The first-order valence-corrected chi connectivity index (χ1v) is 3.66. The van der Waals surface area contributed by atoms with E-state index in [9.17, 15) is 13.2 Å². The Morgan fingerprint density at radius 2 is 1.45 bits per heavy atom. The predicted molar refractivity (Wildman–Crippen MR) is 40.3 cm³/mol. The Kier molecular flexibility index (Phi) is 3.83. The van der Waals surface area contributed by atoms with E-state index in [0.29, 0.717) is 0 Å². The molecular formula is C4HCl4F3. The predicted octanol–water partition coefficient (Wildman–Crippen LogP) is 4.04. The average molecular weight is 248 g/mol. The molecule has 0 aliphatic rings. The van der Waals surface area contributed by atoms with Crippen LogP contribution in [0.4, 0.5) is 13.2 Å². The first-order valence-electron chi connectivity index (χ1n) is 2.15. The summed E-state index contributed by atoms with van der Waals surface area (Å²) in [6.45, 7) is 0. The molecule has 0 spiro atoms. The van der Waals surface area contributed by atoms with E-state index in [2.05, 4.69) is 0 Å². The van der Waals surface area contributed by atoms with Crippen molar-refractivity contribution in [1.29, 1.82) is 0 Å². The van der Waals surface area contributed by atoms with E-state index in [1.807, 2.05) is 0 Å². The summed E-state index contributed by atoms with van der Waals surface area (Å²) < 4.78 is 32.3. The van der Waals surface area contributed by atoms with Crippen molar-refractivity contribution < 1.29 is 13.2 Å². The fraction of sp³-hybridized carbons (Fsp3) is 0.500. The second kappa shape index (κ2) is 3.60. The number of alkyl halides is 6. The third kappa shape index (κ3) is 5.91. The van der Waals surface area contributed by atoms with Crippen molar-refractivity contribution in [2.75, 3.05) is 0 Å². The Balaban J connectivity index is 4.49. The van der Waals surface area contributed by atoms with Gasteiger partial charge in [0.1, 0.15) is 0 Å². The molecule has 0 saturated heterocycles. The second-order valence-electron chi connectivity index (χ2n) is 1.53. The van der Waals surface area contributed by atoms with E-state index < -0.39 is 15.0 Å². The number of rotatable bonds is 0. The van der Waals surface area contributed by atoms with Gasteiger partial charge in [0.25, 0.3) is 0 Å². The van der Waals surface area contributed by atoms with Gasteiger partial charge >= 0.3 is 6.18 Å². The van der Waals surface area contributed by atoms with Crippen LogP contribution in [0.2, 0.25) is 0 Å². The first kappa shape index (κ1) is 11.7. The van der Waals surface area contributed by atoms with Gasteiger partial charge in [0, 0.05) is 6.08 Å². The van der Waals surface area contributed by atoms with Crippen LogP contribution in [0.1, 0.15) is 0 Å². The van der Waals surface area contributed by atoms with E-state index in [-0.39, 0.29) is 6.08 Å². The van der Waals surface area contributed by atoms with Crippen LogP contribution in [-0.4, -0.2) is 9.97 Å². The maximum atomic E-state index is 11.5. The summed E-state index contributed by atoms with van der Waals surface area (Å²) in [6.07, 6.45) is -4.84. The van der Waals surface area contributed by atoms with Crippen molar-refractivity contribution in [3.63, 3.8) is 0 Å². The average Bonchev–Trinajstić information content (AvgIpc) is 1.56. The van der Waals surface area contributed by atoms with Crippen LogP contribution in [0.5, 0.6) is 0 Å². The normalized spacial score (nSPS) is 15.4. The third-order valence-electron chi connectivity index (χ3n) is 0.561. The molecule has 7 heteroatoms. The summed E-state index contributed by atoms with van der Waals surface area (Å²) in [5, 5.41) is -0.880. The SMILES string of the molecule is FC(F)(F)/C=C(\Cl)C(Cl)(Cl)Cl. The molecule has 0 radical (unpaired) electrons. The van der Waals surface area contributed by atoms with Crippen molar-refractivity contribution in [3.05, 3.63) is 11.1 Å². The summed E-state index contributed by atoms with van der Waals surface area (Å²) in [4.78, 5) is 0. The number of halogens is 7. The molecule has 0 aromatic rings. The molecule has 0 atom stereocenters. The molecule has 0 aliphatic heterocycles. The molecule has 11 heavy (non-hydrogen) atoms. The lowest BCUT2D eigenvalue weighted by Gasteiger charge is -2.09. The van der Waals surface area contributed by atoms with Crippen LogP contribution in [0, 0.1) is 0 Å². The molecule has 0 aromatic heterocycles. The van der Waals surface area contributed by atoms with Gasteiger partial charge in [-0.25, -0.2) is 0 Å². The number of allylic oxidation sites excluding steroid dienone is 2. The fourth-order valence-corrected chi connectivity index (χ4v) is 0.513.